The van der Waals surface area contributed by atoms with E-state index in [-0.39, 0.29) is 12.6 Å². The monoisotopic (exact) mass is 334 g/mol. The number of aliphatic hydroxyl groups is 1. The average Bonchev–Trinajstić information content (AvgIpc) is 3.07. The Morgan fingerprint density at radius 1 is 1.00 bits per heavy atom. The minimum Gasteiger partial charge on any atom is -0.392 e. The Bertz CT molecular complexity index is 990. The van der Waals surface area contributed by atoms with Gasteiger partial charge < -0.3 is 15.4 Å². The molecule has 5 heteroatoms. The van der Waals surface area contributed by atoms with Gasteiger partial charge in [0.15, 0.2) is 0 Å². The summed E-state index contributed by atoms with van der Waals surface area (Å²) in [7, 11) is 0. The van der Waals surface area contributed by atoms with Crippen molar-refractivity contribution >= 4 is 27.8 Å². The van der Waals surface area contributed by atoms with Gasteiger partial charge in [-0.1, -0.05) is 38.1 Å². The van der Waals surface area contributed by atoms with Crippen LogP contribution in [-0.2, 0) is 13.2 Å². The molecule has 2 heterocycles. The maximum Gasteiger partial charge on any atom is 0.220 e. The average molecular weight is 334 g/mol. The first kappa shape index (κ1) is 16.9. The molecule has 0 saturated heterocycles. The lowest BCUT2D eigenvalue weighted by molar-refractivity contribution is 0.282. The number of rotatable bonds is 3. The van der Waals surface area contributed by atoms with Gasteiger partial charge in [0.05, 0.1) is 17.6 Å². The van der Waals surface area contributed by atoms with Gasteiger partial charge in [0.25, 0.3) is 0 Å². The molecule has 128 valence electrons. The first-order valence-electron chi connectivity index (χ1n) is 8.43. The lowest BCUT2D eigenvalue weighted by Crippen LogP contribution is -1.98. The minimum atomic E-state index is 0.0693. The van der Waals surface area contributed by atoms with Crippen molar-refractivity contribution in [1.29, 1.82) is 0 Å². The Labute approximate surface area is 146 Å². The fourth-order valence-electron chi connectivity index (χ4n) is 2.87. The molecule has 0 unspecified atom stereocenters. The lowest BCUT2D eigenvalue weighted by atomic mass is 10.1. The van der Waals surface area contributed by atoms with Crippen molar-refractivity contribution in [3.8, 4) is 0 Å². The smallest absolute Gasteiger partial charge is 0.220 e. The molecule has 0 radical (unpaired) electrons. The van der Waals surface area contributed by atoms with Crippen molar-refractivity contribution in [2.24, 2.45) is 0 Å². The predicted octanol–water partition coefficient (Wildman–Crippen LogP) is 3.73. The normalized spacial score (nSPS) is 10.7. The molecule has 4 aromatic rings. The second kappa shape index (κ2) is 7.32. The predicted molar refractivity (Wildman–Crippen MR) is 102 cm³/mol. The van der Waals surface area contributed by atoms with E-state index < -0.39 is 0 Å². The number of nitrogen functional groups attached to an aromatic ring is 1. The molecule has 0 aliphatic heterocycles. The molecule has 0 amide bonds. The molecule has 3 N–H and O–H groups in total. The summed E-state index contributed by atoms with van der Waals surface area (Å²) < 4.78 is 2.18. The van der Waals surface area contributed by atoms with Gasteiger partial charge in [0.1, 0.15) is 0 Å². The summed E-state index contributed by atoms with van der Waals surface area (Å²) in [5.74, 6) is 0.289. The van der Waals surface area contributed by atoms with Crippen LogP contribution in [0.3, 0.4) is 0 Å². The van der Waals surface area contributed by atoms with E-state index in [1.807, 2.05) is 44.2 Å². The van der Waals surface area contributed by atoms with E-state index in [4.69, 9.17) is 10.8 Å². The zero-order chi connectivity index (χ0) is 17.8. The zero-order valence-corrected chi connectivity index (χ0v) is 14.5. The first-order valence-corrected chi connectivity index (χ1v) is 8.43. The second-order valence-corrected chi connectivity index (χ2v) is 5.58. The summed E-state index contributed by atoms with van der Waals surface area (Å²) in [6, 6.07) is 14.1. The van der Waals surface area contributed by atoms with E-state index in [1.54, 1.807) is 6.20 Å². The van der Waals surface area contributed by atoms with Crippen molar-refractivity contribution < 1.29 is 5.11 Å². The molecule has 2 aromatic heterocycles. The number of aliphatic hydroxyl groups excluding tert-OH is 1. The molecule has 2 aromatic carbocycles. The van der Waals surface area contributed by atoms with Crippen LogP contribution in [0.4, 0.5) is 5.95 Å². The molecule has 0 fully saturated rings. The van der Waals surface area contributed by atoms with Crippen LogP contribution in [0, 0.1) is 0 Å². The summed E-state index contributed by atoms with van der Waals surface area (Å²) in [5.41, 5.74) is 9.82. The standard InChI is InChI=1S/C18H16N4O.C2H6/c19-18-20-9-14-5-6-16-15(17(14)21-18)7-8-22(16)10-12-1-3-13(11-23)4-2-12;1-2/h1-9,23H,10-11H2,(H2,19,20,21);1-2H3. The molecule has 0 bridgehead atoms. The Morgan fingerprint density at radius 2 is 1.72 bits per heavy atom. The van der Waals surface area contributed by atoms with Crippen LogP contribution < -0.4 is 5.73 Å². The van der Waals surface area contributed by atoms with Gasteiger partial charge in [-0.05, 0) is 29.3 Å². The van der Waals surface area contributed by atoms with Crippen molar-refractivity contribution in [2.45, 2.75) is 27.0 Å². The quantitative estimate of drug-likeness (QED) is 0.598. The van der Waals surface area contributed by atoms with E-state index in [0.29, 0.717) is 0 Å². The Kier molecular flexibility index (Phi) is 4.95. The van der Waals surface area contributed by atoms with Crippen molar-refractivity contribution in [3.63, 3.8) is 0 Å². The summed E-state index contributed by atoms with van der Waals surface area (Å²) in [6.45, 7) is 4.83. The largest absolute Gasteiger partial charge is 0.392 e. The van der Waals surface area contributed by atoms with Gasteiger partial charge in [-0.25, -0.2) is 9.97 Å². The van der Waals surface area contributed by atoms with Crippen LogP contribution in [-0.4, -0.2) is 19.6 Å². The highest BCUT2D eigenvalue weighted by molar-refractivity contribution is 6.04. The van der Waals surface area contributed by atoms with Gasteiger partial charge in [0, 0.05) is 29.7 Å². The summed E-state index contributed by atoms with van der Waals surface area (Å²) in [5, 5.41) is 11.2. The van der Waals surface area contributed by atoms with Crippen molar-refractivity contribution in [1.82, 2.24) is 14.5 Å². The van der Waals surface area contributed by atoms with E-state index in [2.05, 4.69) is 32.9 Å². The van der Waals surface area contributed by atoms with Crippen LogP contribution in [0.15, 0.2) is 54.9 Å². The molecule has 0 atom stereocenters. The maximum absolute atomic E-state index is 9.12. The van der Waals surface area contributed by atoms with E-state index >= 15 is 0 Å². The number of nitrogens with two attached hydrogens (primary N) is 1. The molecule has 5 nitrogen and oxygen atoms in total. The number of nitrogens with zero attached hydrogens (tertiary/aromatic N) is 3. The van der Waals surface area contributed by atoms with E-state index in [1.165, 1.54) is 5.56 Å². The summed E-state index contributed by atoms with van der Waals surface area (Å²) in [4.78, 5) is 8.42. The maximum atomic E-state index is 9.12. The van der Waals surface area contributed by atoms with Gasteiger partial charge in [-0.2, -0.15) is 0 Å². The fraction of sp³-hybridized carbons (Fsp3) is 0.200. The summed E-state index contributed by atoms with van der Waals surface area (Å²) in [6.07, 6.45) is 3.81. The highest BCUT2D eigenvalue weighted by Gasteiger charge is 2.08. The molecule has 25 heavy (non-hydrogen) atoms. The van der Waals surface area contributed by atoms with Crippen LogP contribution in [0.1, 0.15) is 25.0 Å². The lowest BCUT2D eigenvalue weighted by Gasteiger charge is -2.07. The third-order valence-corrected chi connectivity index (χ3v) is 4.08. The van der Waals surface area contributed by atoms with Gasteiger partial charge in [-0.15, -0.1) is 0 Å². The van der Waals surface area contributed by atoms with Crippen molar-refractivity contribution in [3.05, 3.63) is 66.0 Å². The first-order chi connectivity index (χ1) is 12.2. The molecule has 0 aliphatic rings. The van der Waals surface area contributed by atoms with Crippen LogP contribution >= 0.6 is 0 Å². The molecule has 0 spiro atoms. The van der Waals surface area contributed by atoms with Gasteiger partial charge in [-0.3, -0.25) is 0 Å². The number of hydrogen-bond donors (Lipinski definition) is 2. The third kappa shape index (κ3) is 3.32. The van der Waals surface area contributed by atoms with E-state index in [9.17, 15) is 0 Å². The SMILES string of the molecule is CC.Nc1ncc2ccc3c(ccn3Cc3ccc(CO)cc3)c2n1. The molecule has 0 aliphatic carbocycles. The molecule has 4 rings (SSSR count). The Morgan fingerprint density at radius 3 is 2.44 bits per heavy atom. The van der Waals surface area contributed by atoms with Gasteiger partial charge >= 0.3 is 0 Å². The fourth-order valence-corrected chi connectivity index (χ4v) is 2.87. The molecule has 0 saturated carbocycles. The second-order valence-electron chi connectivity index (χ2n) is 5.58. The molecular weight excluding hydrogens is 312 g/mol. The Balaban J connectivity index is 0.000000880. The van der Waals surface area contributed by atoms with Crippen LogP contribution in [0.2, 0.25) is 0 Å². The van der Waals surface area contributed by atoms with E-state index in [0.717, 1.165) is 33.9 Å². The minimum absolute atomic E-state index is 0.0693. The summed E-state index contributed by atoms with van der Waals surface area (Å²) >= 11 is 0. The zero-order valence-electron chi connectivity index (χ0n) is 14.5. The molecular formula is C20H22N4O. The van der Waals surface area contributed by atoms with Gasteiger partial charge in [0.2, 0.25) is 5.95 Å². The number of aromatic nitrogens is 3. The van der Waals surface area contributed by atoms with Crippen LogP contribution in [0.5, 0.6) is 0 Å². The highest BCUT2D eigenvalue weighted by atomic mass is 16.3. The number of anilines is 1. The highest BCUT2D eigenvalue weighted by Crippen LogP contribution is 2.25. The number of hydrogen-bond acceptors (Lipinski definition) is 4. The number of fused-ring (bicyclic) bond motifs is 3. The topological polar surface area (TPSA) is 77.0 Å². The van der Waals surface area contributed by atoms with Crippen LogP contribution in [0.25, 0.3) is 21.8 Å². The number of benzene rings is 2. The third-order valence-electron chi connectivity index (χ3n) is 4.08. The Hall–Kier alpha value is -2.92. The van der Waals surface area contributed by atoms with Crippen molar-refractivity contribution in [2.75, 3.05) is 5.73 Å².